The molecular weight excluding hydrogens is 266 g/mol. The molecule has 0 bridgehead atoms. The van der Waals surface area contributed by atoms with E-state index in [2.05, 4.69) is 29.0 Å². The summed E-state index contributed by atoms with van der Waals surface area (Å²) in [7, 11) is 1.66. The fraction of sp³-hybridized carbons (Fsp3) is 0.625. The molecule has 0 saturated carbocycles. The minimum absolute atomic E-state index is 0.0531. The third-order valence-electron chi connectivity index (χ3n) is 3.13. The molecular formula is C16H27N3O2. The molecule has 0 aromatic carbocycles. The molecule has 1 aromatic heterocycles. The number of hydrogen-bond donors (Lipinski definition) is 1. The molecule has 0 aliphatic heterocycles. The van der Waals surface area contributed by atoms with Gasteiger partial charge in [0.2, 0.25) is 0 Å². The maximum absolute atomic E-state index is 12.1. The van der Waals surface area contributed by atoms with Crippen molar-refractivity contribution in [2.45, 2.75) is 33.1 Å². The summed E-state index contributed by atoms with van der Waals surface area (Å²) >= 11 is 0. The summed E-state index contributed by atoms with van der Waals surface area (Å²) in [4.78, 5) is 18.7. The van der Waals surface area contributed by atoms with Crippen LogP contribution >= 0.6 is 0 Å². The first-order chi connectivity index (χ1) is 10.2. The summed E-state index contributed by atoms with van der Waals surface area (Å²) < 4.78 is 4.97. The van der Waals surface area contributed by atoms with E-state index in [1.165, 1.54) is 0 Å². The van der Waals surface area contributed by atoms with Gasteiger partial charge in [-0.1, -0.05) is 13.8 Å². The Labute approximate surface area is 127 Å². The molecule has 118 valence electrons. The van der Waals surface area contributed by atoms with Crippen molar-refractivity contribution in [3.8, 4) is 0 Å². The van der Waals surface area contributed by atoms with Crippen molar-refractivity contribution in [1.82, 2.24) is 10.3 Å². The van der Waals surface area contributed by atoms with Crippen LogP contribution < -0.4 is 10.2 Å². The van der Waals surface area contributed by atoms with Crippen LogP contribution in [-0.2, 0) is 4.74 Å². The standard InChI is InChI=1S/C16H27N3O2/c1-4-10-19(11-5-2)15-13-14(7-9-17-15)16(20)18-8-6-12-21-3/h7,9,13H,4-6,8,10-12H2,1-3H3,(H,18,20). The molecule has 1 heterocycles. The van der Waals surface area contributed by atoms with Crippen LogP contribution in [0.25, 0.3) is 0 Å². The first kappa shape index (κ1) is 17.4. The Morgan fingerprint density at radius 1 is 1.33 bits per heavy atom. The molecule has 0 aliphatic carbocycles. The minimum Gasteiger partial charge on any atom is -0.385 e. The Bertz CT molecular complexity index is 418. The van der Waals surface area contributed by atoms with Gasteiger partial charge in [0.25, 0.3) is 5.91 Å². The zero-order valence-electron chi connectivity index (χ0n) is 13.4. The number of rotatable bonds is 10. The van der Waals surface area contributed by atoms with Crippen LogP contribution in [0.2, 0.25) is 0 Å². The number of methoxy groups -OCH3 is 1. The third kappa shape index (κ3) is 6.12. The number of anilines is 1. The number of nitrogens with one attached hydrogen (secondary N) is 1. The zero-order chi connectivity index (χ0) is 15.5. The Balaban J connectivity index is 2.67. The second-order valence-corrected chi connectivity index (χ2v) is 4.99. The number of amides is 1. The lowest BCUT2D eigenvalue weighted by atomic mass is 10.2. The van der Waals surface area contributed by atoms with Crippen LogP contribution in [0.5, 0.6) is 0 Å². The number of ether oxygens (including phenoxy) is 1. The van der Waals surface area contributed by atoms with E-state index in [0.717, 1.165) is 38.2 Å². The summed E-state index contributed by atoms with van der Waals surface area (Å²) in [6.45, 7) is 7.49. The summed E-state index contributed by atoms with van der Waals surface area (Å²) in [5.74, 6) is 0.825. The molecule has 0 radical (unpaired) electrons. The largest absolute Gasteiger partial charge is 0.385 e. The molecule has 21 heavy (non-hydrogen) atoms. The van der Waals surface area contributed by atoms with Crippen molar-refractivity contribution in [3.05, 3.63) is 23.9 Å². The molecule has 0 atom stereocenters. The molecule has 1 N–H and O–H groups in total. The monoisotopic (exact) mass is 293 g/mol. The molecule has 5 heteroatoms. The van der Waals surface area contributed by atoms with Gasteiger partial charge in [-0.25, -0.2) is 4.98 Å². The van der Waals surface area contributed by atoms with Crippen LogP contribution in [-0.4, -0.2) is 44.2 Å². The highest BCUT2D eigenvalue weighted by Gasteiger charge is 2.10. The van der Waals surface area contributed by atoms with Gasteiger partial charge in [-0.2, -0.15) is 0 Å². The van der Waals surface area contributed by atoms with Gasteiger partial charge in [0.15, 0.2) is 0 Å². The van der Waals surface area contributed by atoms with Gasteiger partial charge in [0, 0.05) is 45.1 Å². The predicted molar refractivity (Wildman–Crippen MR) is 85.9 cm³/mol. The van der Waals surface area contributed by atoms with Crippen molar-refractivity contribution >= 4 is 11.7 Å². The Hall–Kier alpha value is -1.62. The third-order valence-corrected chi connectivity index (χ3v) is 3.13. The summed E-state index contributed by atoms with van der Waals surface area (Å²) in [6, 6.07) is 3.63. The van der Waals surface area contributed by atoms with Gasteiger partial charge >= 0.3 is 0 Å². The van der Waals surface area contributed by atoms with Gasteiger partial charge in [-0.15, -0.1) is 0 Å². The van der Waals surface area contributed by atoms with Crippen molar-refractivity contribution in [2.75, 3.05) is 38.3 Å². The highest BCUT2D eigenvalue weighted by molar-refractivity contribution is 5.94. The summed E-state index contributed by atoms with van der Waals surface area (Å²) in [5, 5.41) is 2.90. The van der Waals surface area contributed by atoms with Crippen LogP contribution in [0.4, 0.5) is 5.82 Å². The van der Waals surface area contributed by atoms with Crippen molar-refractivity contribution in [3.63, 3.8) is 0 Å². The zero-order valence-corrected chi connectivity index (χ0v) is 13.4. The highest BCUT2D eigenvalue weighted by atomic mass is 16.5. The molecule has 5 nitrogen and oxygen atoms in total. The molecule has 1 aromatic rings. The maximum Gasteiger partial charge on any atom is 0.251 e. The van der Waals surface area contributed by atoms with E-state index in [4.69, 9.17) is 4.74 Å². The second-order valence-electron chi connectivity index (χ2n) is 4.99. The summed E-state index contributed by atoms with van der Waals surface area (Å²) in [6.07, 6.45) is 4.65. The van der Waals surface area contributed by atoms with Crippen LogP contribution in [0.1, 0.15) is 43.5 Å². The normalized spacial score (nSPS) is 10.4. The van der Waals surface area contributed by atoms with Crippen molar-refractivity contribution in [1.29, 1.82) is 0 Å². The van der Waals surface area contributed by atoms with Crippen molar-refractivity contribution < 1.29 is 9.53 Å². The number of hydrogen-bond acceptors (Lipinski definition) is 4. The number of carbonyl (C=O) groups excluding carboxylic acids is 1. The van der Waals surface area contributed by atoms with Crippen LogP contribution in [0, 0.1) is 0 Å². The molecule has 0 unspecified atom stereocenters. The van der Waals surface area contributed by atoms with E-state index in [0.29, 0.717) is 18.7 Å². The van der Waals surface area contributed by atoms with E-state index in [-0.39, 0.29) is 5.91 Å². The first-order valence-corrected chi connectivity index (χ1v) is 7.71. The average Bonchev–Trinajstić information content (AvgIpc) is 2.51. The van der Waals surface area contributed by atoms with Gasteiger partial charge in [0.1, 0.15) is 5.82 Å². The van der Waals surface area contributed by atoms with E-state index in [1.54, 1.807) is 19.4 Å². The Kier molecular flexibility index (Phi) is 8.43. The molecule has 1 amide bonds. The number of pyridine rings is 1. The number of aromatic nitrogens is 1. The van der Waals surface area contributed by atoms with E-state index in [9.17, 15) is 4.79 Å². The fourth-order valence-corrected chi connectivity index (χ4v) is 2.13. The van der Waals surface area contributed by atoms with E-state index in [1.807, 2.05) is 6.07 Å². The van der Waals surface area contributed by atoms with Gasteiger partial charge < -0.3 is 15.0 Å². The average molecular weight is 293 g/mol. The Morgan fingerprint density at radius 3 is 2.67 bits per heavy atom. The predicted octanol–water partition coefficient (Wildman–Crippen LogP) is 2.47. The number of nitrogens with zero attached hydrogens (tertiary/aromatic N) is 2. The maximum atomic E-state index is 12.1. The molecule has 0 fully saturated rings. The van der Waals surface area contributed by atoms with Gasteiger partial charge in [-0.3, -0.25) is 4.79 Å². The first-order valence-electron chi connectivity index (χ1n) is 7.71. The quantitative estimate of drug-likeness (QED) is 0.673. The van der Waals surface area contributed by atoms with Gasteiger partial charge in [-0.05, 0) is 31.4 Å². The molecule has 0 saturated heterocycles. The number of carbonyl (C=O) groups is 1. The van der Waals surface area contributed by atoms with Crippen LogP contribution in [0.15, 0.2) is 18.3 Å². The Morgan fingerprint density at radius 2 is 2.05 bits per heavy atom. The second kappa shape index (κ2) is 10.2. The molecule has 0 spiro atoms. The minimum atomic E-state index is -0.0531. The lowest BCUT2D eigenvalue weighted by Gasteiger charge is -2.22. The highest BCUT2D eigenvalue weighted by Crippen LogP contribution is 2.13. The molecule has 1 rings (SSSR count). The lowest BCUT2D eigenvalue weighted by Crippen LogP contribution is -2.28. The van der Waals surface area contributed by atoms with Gasteiger partial charge in [0.05, 0.1) is 0 Å². The van der Waals surface area contributed by atoms with E-state index >= 15 is 0 Å². The summed E-state index contributed by atoms with van der Waals surface area (Å²) in [5.41, 5.74) is 0.662. The lowest BCUT2D eigenvalue weighted by molar-refractivity contribution is 0.0948. The van der Waals surface area contributed by atoms with E-state index < -0.39 is 0 Å². The SMILES string of the molecule is CCCN(CCC)c1cc(C(=O)NCCCOC)ccn1. The fourth-order valence-electron chi connectivity index (χ4n) is 2.13. The smallest absolute Gasteiger partial charge is 0.251 e. The van der Waals surface area contributed by atoms with Crippen molar-refractivity contribution in [2.24, 2.45) is 0 Å². The van der Waals surface area contributed by atoms with Crippen LogP contribution in [0.3, 0.4) is 0 Å². The molecule has 0 aliphatic rings. The topological polar surface area (TPSA) is 54.5 Å².